The fraction of sp³-hybridized carbons (Fsp3) is 0.227. The minimum absolute atomic E-state index is 0.0153. The molecule has 0 bridgehead atoms. The molecule has 8 heteroatoms. The first kappa shape index (κ1) is 27.7. The van der Waals surface area contributed by atoms with Gasteiger partial charge in [-0.1, -0.05) is 38.1 Å². The molecule has 0 atom stereocenters. The van der Waals surface area contributed by atoms with Gasteiger partial charge in [0.25, 0.3) is 0 Å². The summed E-state index contributed by atoms with van der Waals surface area (Å²) >= 11 is 5.43. The summed E-state index contributed by atoms with van der Waals surface area (Å²) in [6, 6.07) is 2.14. The highest BCUT2D eigenvalue weighted by Gasteiger charge is 2.22. The van der Waals surface area contributed by atoms with Crippen LogP contribution in [0.4, 0.5) is 14.5 Å². The van der Waals surface area contributed by atoms with E-state index in [1.807, 2.05) is 13.8 Å². The van der Waals surface area contributed by atoms with Gasteiger partial charge in [-0.15, -0.1) is 11.8 Å². The Morgan fingerprint density at radius 3 is 2.30 bits per heavy atom. The van der Waals surface area contributed by atoms with E-state index in [2.05, 4.69) is 43.7 Å². The van der Waals surface area contributed by atoms with Crippen LogP contribution in [0.1, 0.15) is 38.1 Å². The van der Waals surface area contributed by atoms with Gasteiger partial charge in [0.2, 0.25) is 0 Å². The summed E-state index contributed by atoms with van der Waals surface area (Å²) in [4.78, 5) is 14.7. The van der Waals surface area contributed by atoms with Crippen molar-refractivity contribution < 1.29 is 13.6 Å². The summed E-state index contributed by atoms with van der Waals surface area (Å²) in [6.45, 7) is 15.1. The lowest BCUT2D eigenvalue weighted by Gasteiger charge is -2.10. The van der Waals surface area contributed by atoms with Crippen molar-refractivity contribution in [3.63, 3.8) is 0 Å². The molecule has 3 N–H and O–H groups in total. The Morgan fingerprint density at radius 1 is 1.27 bits per heavy atom. The molecule has 1 rings (SSSR count). The monoisotopic (exact) mass is 453 g/mol. The van der Waals surface area contributed by atoms with Crippen molar-refractivity contribution >= 4 is 36.0 Å². The van der Waals surface area contributed by atoms with Crippen LogP contribution in [0, 0.1) is 11.6 Å². The quantitative estimate of drug-likeness (QED) is 0.106. The van der Waals surface area contributed by atoms with E-state index in [1.165, 1.54) is 9.91 Å². The van der Waals surface area contributed by atoms with Gasteiger partial charge in [0.1, 0.15) is 5.82 Å². The number of Topliss-reactive ketones (excluding diaryl/α,β-unsaturated/α-hetero) is 1. The van der Waals surface area contributed by atoms with Gasteiger partial charge in [-0.2, -0.15) is 0 Å². The van der Waals surface area contributed by atoms with Crippen molar-refractivity contribution in [3.05, 3.63) is 87.9 Å². The first-order valence-corrected chi connectivity index (χ1v) is 10.1. The highest BCUT2D eigenvalue weighted by Crippen LogP contribution is 2.25. The van der Waals surface area contributed by atoms with Gasteiger partial charge in [-0.05, 0) is 61.3 Å². The van der Waals surface area contributed by atoms with Crippen LogP contribution in [0.15, 0.2) is 70.7 Å². The molecular weight excluding hydrogens is 424 g/mol. The molecule has 0 aromatic heterocycles. The molecule has 0 aliphatic heterocycles. The number of carbonyl (C=O) groups is 1. The number of anilines is 1. The molecule has 0 heterocycles. The van der Waals surface area contributed by atoms with Crippen molar-refractivity contribution in [2.75, 3.05) is 11.8 Å². The van der Waals surface area contributed by atoms with E-state index >= 15 is 0 Å². The number of thioether (sulfide) groups is 1. The Kier molecular flexibility index (Phi) is 12.8. The van der Waals surface area contributed by atoms with Gasteiger partial charge in [0.05, 0.1) is 11.3 Å². The van der Waals surface area contributed by atoms with Gasteiger partial charge in [-0.3, -0.25) is 4.79 Å². The Hall–Kier alpha value is -2.29. The number of carbonyl (C=O) groups excluding carboxylic acids is 1. The van der Waals surface area contributed by atoms with Crippen LogP contribution >= 0.6 is 24.6 Å². The number of hydrogen-bond acceptors (Lipinski definition) is 6. The van der Waals surface area contributed by atoms with Crippen molar-refractivity contribution in [1.29, 1.82) is 0 Å². The SMILES string of the molecule is C=C(C(=O)c1c(F)ccc(NS)c1F)/C(C)=C/C=C\N(C)N.C=C(C)S/C(C)=C\C. The van der Waals surface area contributed by atoms with Crippen LogP contribution in [-0.4, -0.2) is 17.8 Å². The fourth-order valence-corrected chi connectivity index (χ4v) is 2.77. The van der Waals surface area contributed by atoms with Gasteiger partial charge in [-0.25, -0.2) is 14.6 Å². The average molecular weight is 454 g/mol. The maximum absolute atomic E-state index is 14.1. The third-order valence-electron chi connectivity index (χ3n) is 3.60. The lowest BCUT2D eigenvalue weighted by Crippen LogP contribution is -2.18. The highest BCUT2D eigenvalue weighted by molar-refractivity contribution is 8.06. The lowest BCUT2D eigenvalue weighted by atomic mass is 9.97. The van der Waals surface area contributed by atoms with E-state index in [1.54, 1.807) is 44.1 Å². The van der Waals surface area contributed by atoms with E-state index in [0.717, 1.165) is 17.0 Å². The number of rotatable bonds is 8. The number of nitrogens with two attached hydrogens (primary N) is 1. The van der Waals surface area contributed by atoms with Gasteiger partial charge >= 0.3 is 0 Å². The van der Waals surface area contributed by atoms with Crippen molar-refractivity contribution in [2.24, 2.45) is 5.84 Å². The molecule has 0 fully saturated rings. The molecule has 0 saturated heterocycles. The normalized spacial score (nSPS) is 11.6. The summed E-state index contributed by atoms with van der Waals surface area (Å²) in [5, 5.41) is 1.32. The number of hydrazine groups is 1. The Bertz CT molecular complexity index is 875. The standard InChI is InChI=1S/C15H17F2N3OS.C7H12S/c1-9(5-4-8-20(3)18)10(2)15(21)13-11(16)6-7-12(19-22)14(13)17;1-5-7(4)8-6(2)3/h4-8,19,22H,2,18H2,1,3H3;5H,2H2,1,3-4H3/b8-4-,9-5+;7-5-. The number of ketones is 1. The summed E-state index contributed by atoms with van der Waals surface area (Å²) in [7, 11) is 1.63. The Labute approximate surface area is 187 Å². The second-order valence-electron chi connectivity index (χ2n) is 6.26. The number of benzene rings is 1. The zero-order valence-corrected chi connectivity index (χ0v) is 19.6. The molecule has 0 spiro atoms. The van der Waals surface area contributed by atoms with Gasteiger partial charge in [0, 0.05) is 18.8 Å². The molecule has 1 aromatic carbocycles. The van der Waals surface area contributed by atoms with Crippen LogP contribution in [-0.2, 0) is 0 Å². The first-order chi connectivity index (χ1) is 14.0. The van der Waals surface area contributed by atoms with Crippen molar-refractivity contribution in [1.82, 2.24) is 5.01 Å². The summed E-state index contributed by atoms with van der Waals surface area (Å²) < 4.78 is 30.1. The molecule has 4 nitrogen and oxygen atoms in total. The smallest absolute Gasteiger partial charge is 0.198 e. The molecule has 0 aliphatic rings. The zero-order valence-electron chi connectivity index (χ0n) is 17.9. The fourth-order valence-electron chi connectivity index (χ4n) is 1.93. The Balaban J connectivity index is 0.000000890. The number of nitrogens with zero attached hydrogens (tertiary/aromatic N) is 1. The highest BCUT2D eigenvalue weighted by atomic mass is 32.2. The van der Waals surface area contributed by atoms with Crippen molar-refractivity contribution in [2.45, 2.75) is 27.7 Å². The maximum Gasteiger partial charge on any atom is 0.198 e. The number of thiol groups is 1. The molecule has 0 unspecified atom stereocenters. The van der Waals surface area contributed by atoms with Crippen LogP contribution in [0.3, 0.4) is 0 Å². The predicted molar refractivity (Wildman–Crippen MR) is 129 cm³/mol. The van der Waals surface area contributed by atoms with Gasteiger partial charge in [0.15, 0.2) is 11.6 Å². The largest absolute Gasteiger partial charge is 0.330 e. The predicted octanol–water partition coefficient (Wildman–Crippen LogP) is 6.40. The second kappa shape index (κ2) is 13.8. The summed E-state index contributed by atoms with van der Waals surface area (Å²) in [6.07, 6.45) is 6.79. The number of nitrogens with one attached hydrogen (secondary N) is 1. The number of hydrogen-bond donors (Lipinski definition) is 3. The van der Waals surface area contributed by atoms with Crippen LogP contribution in [0.2, 0.25) is 0 Å². The van der Waals surface area contributed by atoms with Crippen LogP contribution < -0.4 is 10.6 Å². The zero-order chi connectivity index (χ0) is 23.4. The molecular formula is C22H29F2N3OS2. The third kappa shape index (κ3) is 9.47. The molecule has 164 valence electrons. The number of allylic oxidation sites excluding steroid dienone is 7. The van der Waals surface area contributed by atoms with Gasteiger partial charge < -0.3 is 9.73 Å². The first-order valence-electron chi connectivity index (χ1n) is 8.87. The minimum atomic E-state index is -1.01. The van der Waals surface area contributed by atoms with E-state index in [0.29, 0.717) is 5.57 Å². The third-order valence-corrected chi connectivity index (χ3v) is 4.74. The molecule has 1 aromatic rings. The van der Waals surface area contributed by atoms with E-state index in [4.69, 9.17) is 5.84 Å². The molecule has 30 heavy (non-hydrogen) atoms. The average Bonchev–Trinajstić information content (AvgIpc) is 2.66. The minimum Gasteiger partial charge on any atom is -0.330 e. The molecule has 0 aliphatic carbocycles. The maximum atomic E-state index is 14.1. The summed E-state index contributed by atoms with van der Waals surface area (Å²) in [5.41, 5.74) is -0.312. The summed E-state index contributed by atoms with van der Waals surface area (Å²) in [5.74, 6) is 2.60. The Morgan fingerprint density at radius 2 is 1.87 bits per heavy atom. The van der Waals surface area contributed by atoms with Crippen molar-refractivity contribution in [3.8, 4) is 0 Å². The van der Waals surface area contributed by atoms with Crippen LogP contribution in [0.25, 0.3) is 0 Å². The van der Waals surface area contributed by atoms with E-state index in [-0.39, 0.29) is 11.3 Å². The lowest BCUT2D eigenvalue weighted by molar-refractivity contribution is 0.102. The molecule has 0 radical (unpaired) electrons. The topological polar surface area (TPSA) is 58.4 Å². The number of halogens is 2. The van der Waals surface area contributed by atoms with Crippen LogP contribution in [0.5, 0.6) is 0 Å². The molecule has 0 saturated carbocycles. The van der Waals surface area contributed by atoms with E-state index < -0.39 is 23.0 Å². The molecule has 0 amide bonds. The van der Waals surface area contributed by atoms with E-state index in [9.17, 15) is 13.6 Å². The second-order valence-corrected chi connectivity index (χ2v) is 8.03.